The van der Waals surface area contributed by atoms with Gasteiger partial charge in [-0.3, -0.25) is 0 Å². The lowest BCUT2D eigenvalue weighted by Crippen LogP contribution is -2.19. The Morgan fingerprint density at radius 2 is 2.08 bits per heavy atom. The fourth-order valence-electron chi connectivity index (χ4n) is 0.544. The Hall–Kier alpha value is -0.720. The third kappa shape index (κ3) is 1.90. The quantitative estimate of drug-likeness (QED) is 0.743. The maximum Gasteiger partial charge on any atom is 0.259 e. The minimum absolute atomic E-state index is 0.144. The Morgan fingerprint density at radius 1 is 1.42 bits per heavy atom. The Labute approximate surface area is 74.8 Å². The molecule has 5 nitrogen and oxygen atoms in total. The smallest absolute Gasteiger partial charge is 0.240 e. The lowest BCUT2D eigenvalue weighted by atomic mass is 10.8. The molecule has 1 aromatic heterocycles. The van der Waals surface area contributed by atoms with Crippen LogP contribution < -0.4 is 4.72 Å². The van der Waals surface area contributed by atoms with Crippen LogP contribution in [0, 0.1) is 0 Å². The van der Waals surface area contributed by atoms with Gasteiger partial charge in [-0.2, -0.15) is 0 Å². The van der Waals surface area contributed by atoms with Gasteiger partial charge in [-0.15, -0.1) is 0 Å². The van der Waals surface area contributed by atoms with Gasteiger partial charge in [0.15, 0.2) is 5.03 Å². The zero-order chi connectivity index (χ0) is 9.19. The second-order valence-corrected chi connectivity index (χ2v) is 4.11. The van der Waals surface area contributed by atoms with E-state index < -0.39 is 10.0 Å². The number of hydrogen-bond acceptors (Lipinski definition) is 4. The summed E-state index contributed by atoms with van der Waals surface area (Å²) >= 11 is 5.42. The first-order chi connectivity index (χ1) is 5.56. The molecule has 1 N–H and O–H groups in total. The molecule has 0 bridgehead atoms. The second-order valence-electron chi connectivity index (χ2n) is 1.88. The third-order valence-corrected chi connectivity index (χ3v) is 2.63. The average molecular weight is 208 g/mol. The van der Waals surface area contributed by atoms with Gasteiger partial charge in [0, 0.05) is 0 Å². The van der Waals surface area contributed by atoms with Crippen molar-refractivity contribution in [2.45, 2.75) is 5.03 Å². The van der Waals surface area contributed by atoms with E-state index in [1.807, 2.05) is 0 Å². The van der Waals surface area contributed by atoms with E-state index in [1.165, 1.54) is 13.2 Å². The van der Waals surface area contributed by atoms with Crippen molar-refractivity contribution in [1.29, 1.82) is 0 Å². The highest BCUT2D eigenvalue weighted by molar-refractivity contribution is 7.89. The number of rotatable bonds is 2. The van der Waals surface area contributed by atoms with Crippen LogP contribution in [0.4, 0.5) is 0 Å². The zero-order valence-electron chi connectivity index (χ0n) is 6.15. The molecule has 7 heteroatoms. The Bertz CT molecular complexity index is 361. The van der Waals surface area contributed by atoms with Crippen LogP contribution in [0.2, 0.25) is 5.15 Å². The Morgan fingerprint density at radius 3 is 2.50 bits per heavy atom. The maximum atomic E-state index is 11.1. The molecule has 0 unspecified atom stereocenters. The van der Waals surface area contributed by atoms with Crippen LogP contribution in [0.5, 0.6) is 0 Å². The average Bonchev–Trinajstić information content (AvgIpc) is 2.05. The van der Waals surface area contributed by atoms with Crippen molar-refractivity contribution in [2.24, 2.45) is 0 Å². The van der Waals surface area contributed by atoms with Crippen LogP contribution >= 0.6 is 11.6 Å². The van der Waals surface area contributed by atoms with Crippen LogP contribution in [0.15, 0.2) is 17.4 Å². The third-order valence-electron chi connectivity index (χ3n) is 1.14. The number of sulfonamides is 1. The van der Waals surface area contributed by atoms with E-state index in [2.05, 4.69) is 14.7 Å². The van der Waals surface area contributed by atoms with Gasteiger partial charge in [0.05, 0.1) is 12.4 Å². The molecule has 66 valence electrons. The molecule has 1 heterocycles. The van der Waals surface area contributed by atoms with E-state index in [-0.39, 0.29) is 10.2 Å². The highest BCUT2D eigenvalue weighted by Gasteiger charge is 2.12. The molecule has 0 aliphatic carbocycles. The highest BCUT2D eigenvalue weighted by Crippen LogP contribution is 2.05. The molecule has 0 fully saturated rings. The monoisotopic (exact) mass is 207 g/mol. The fraction of sp³-hybridized carbons (Fsp3) is 0.200. The normalized spacial score (nSPS) is 11.5. The first kappa shape index (κ1) is 9.37. The van der Waals surface area contributed by atoms with Gasteiger partial charge in [-0.05, 0) is 7.05 Å². The molecular weight excluding hydrogens is 202 g/mol. The van der Waals surface area contributed by atoms with Crippen molar-refractivity contribution in [3.8, 4) is 0 Å². The fourth-order valence-corrected chi connectivity index (χ4v) is 1.23. The standard InChI is InChI=1S/C5H6ClN3O2S/c1-7-12(10,11)5-3-8-4(6)2-9-5/h2-3,7H,1H3. The summed E-state index contributed by atoms with van der Waals surface area (Å²) in [5.41, 5.74) is 0. The number of nitrogens with zero attached hydrogens (tertiary/aromatic N) is 2. The molecule has 0 amide bonds. The summed E-state index contributed by atoms with van der Waals surface area (Å²) in [5, 5.41) is 0.0134. The Kier molecular flexibility index (Phi) is 2.61. The van der Waals surface area contributed by atoms with Crippen LogP contribution in [-0.2, 0) is 10.0 Å². The van der Waals surface area contributed by atoms with Crippen LogP contribution in [0.3, 0.4) is 0 Å². The van der Waals surface area contributed by atoms with Gasteiger partial charge in [0.1, 0.15) is 5.15 Å². The van der Waals surface area contributed by atoms with Gasteiger partial charge in [0.2, 0.25) is 0 Å². The Balaban J connectivity index is 3.14. The number of hydrogen-bond donors (Lipinski definition) is 1. The molecule has 12 heavy (non-hydrogen) atoms. The van der Waals surface area contributed by atoms with Crippen LogP contribution in [0.25, 0.3) is 0 Å². The van der Waals surface area contributed by atoms with Crippen molar-refractivity contribution >= 4 is 21.6 Å². The molecule has 0 atom stereocenters. The van der Waals surface area contributed by atoms with Gasteiger partial charge < -0.3 is 0 Å². The molecule has 0 spiro atoms. The van der Waals surface area contributed by atoms with E-state index in [0.717, 1.165) is 6.20 Å². The summed E-state index contributed by atoms with van der Waals surface area (Å²) in [6.07, 6.45) is 2.26. The summed E-state index contributed by atoms with van der Waals surface area (Å²) in [5.74, 6) is 0. The van der Waals surface area contributed by atoms with E-state index >= 15 is 0 Å². The molecule has 0 saturated heterocycles. The molecule has 0 aromatic carbocycles. The summed E-state index contributed by atoms with van der Waals surface area (Å²) < 4.78 is 24.2. The molecule has 1 aromatic rings. The van der Waals surface area contributed by atoms with Crippen molar-refractivity contribution in [2.75, 3.05) is 7.05 Å². The summed E-state index contributed by atoms with van der Waals surface area (Å²) in [7, 11) is -2.20. The molecule has 0 radical (unpaired) electrons. The van der Waals surface area contributed by atoms with Gasteiger partial charge in [-0.1, -0.05) is 11.6 Å². The minimum atomic E-state index is -3.50. The first-order valence-electron chi connectivity index (χ1n) is 2.97. The zero-order valence-corrected chi connectivity index (χ0v) is 7.72. The number of nitrogens with one attached hydrogen (secondary N) is 1. The molecule has 0 aliphatic rings. The van der Waals surface area contributed by atoms with Gasteiger partial charge in [-0.25, -0.2) is 23.1 Å². The van der Waals surface area contributed by atoms with Crippen molar-refractivity contribution in [1.82, 2.24) is 14.7 Å². The number of aromatic nitrogens is 2. The van der Waals surface area contributed by atoms with Crippen molar-refractivity contribution < 1.29 is 8.42 Å². The van der Waals surface area contributed by atoms with E-state index in [9.17, 15) is 8.42 Å². The largest absolute Gasteiger partial charge is 0.259 e. The highest BCUT2D eigenvalue weighted by atomic mass is 35.5. The van der Waals surface area contributed by atoms with Crippen molar-refractivity contribution in [3.05, 3.63) is 17.5 Å². The van der Waals surface area contributed by atoms with E-state index in [1.54, 1.807) is 0 Å². The number of halogens is 1. The topological polar surface area (TPSA) is 72.0 Å². The van der Waals surface area contributed by atoms with Gasteiger partial charge >= 0.3 is 0 Å². The van der Waals surface area contributed by atoms with Crippen molar-refractivity contribution in [3.63, 3.8) is 0 Å². The van der Waals surface area contributed by atoms with Crippen LogP contribution in [-0.4, -0.2) is 25.4 Å². The molecule has 0 aliphatic heterocycles. The van der Waals surface area contributed by atoms with E-state index in [4.69, 9.17) is 11.6 Å². The maximum absolute atomic E-state index is 11.1. The van der Waals surface area contributed by atoms with Gasteiger partial charge in [0.25, 0.3) is 10.0 Å². The second kappa shape index (κ2) is 3.34. The predicted octanol–water partition coefficient (Wildman–Crippen LogP) is 0.0381. The molecule has 0 saturated carbocycles. The minimum Gasteiger partial charge on any atom is -0.240 e. The van der Waals surface area contributed by atoms with Crippen LogP contribution in [0.1, 0.15) is 0 Å². The lowest BCUT2D eigenvalue weighted by molar-refractivity contribution is 0.583. The molecule has 1 rings (SSSR count). The molecular formula is C5H6ClN3O2S. The lowest BCUT2D eigenvalue weighted by Gasteiger charge is -1.98. The SMILES string of the molecule is CNS(=O)(=O)c1cnc(Cl)cn1. The summed E-state index contributed by atoms with van der Waals surface area (Å²) in [6, 6.07) is 0. The summed E-state index contributed by atoms with van der Waals surface area (Å²) in [4.78, 5) is 7.15. The van der Waals surface area contributed by atoms with E-state index in [0.29, 0.717) is 0 Å². The predicted molar refractivity (Wildman–Crippen MR) is 43.3 cm³/mol. The first-order valence-corrected chi connectivity index (χ1v) is 4.83. The summed E-state index contributed by atoms with van der Waals surface area (Å²) in [6.45, 7) is 0.